The van der Waals surface area contributed by atoms with E-state index in [2.05, 4.69) is 93.7 Å². The van der Waals surface area contributed by atoms with Crippen molar-refractivity contribution in [2.45, 2.75) is 290 Å². The first-order valence-electron chi connectivity index (χ1n) is 28.9. The van der Waals surface area contributed by atoms with E-state index in [9.17, 15) is 14.4 Å². The van der Waals surface area contributed by atoms with Gasteiger partial charge in [-0.25, -0.2) is 0 Å². The molecule has 6 heteroatoms. The van der Waals surface area contributed by atoms with Crippen molar-refractivity contribution < 1.29 is 28.6 Å². The van der Waals surface area contributed by atoms with Crippen molar-refractivity contribution in [2.24, 2.45) is 0 Å². The molecule has 0 saturated heterocycles. The van der Waals surface area contributed by atoms with Gasteiger partial charge in [0.25, 0.3) is 0 Å². The zero-order chi connectivity index (χ0) is 49.3. The summed E-state index contributed by atoms with van der Waals surface area (Å²) in [7, 11) is 0. The second-order valence-electron chi connectivity index (χ2n) is 19.2. The van der Waals surface area contributed by atoms with Crippen LogP contribution in [0.25, 0.3) is 0 Å². The van der Waals surface area contributed by atoms with Crippen LogP contribution >= 0.6 is 0 Å². The Morgan fingerprint density at radius 1 is 0.294 bits per heavy atom. The van der Waals surface area contributed by atoms with Gasteiger partial charge >= 0.3 is 17.9 Å². The van der Waals surface area contributed by atoms with Crippen molar-refractivity contribution in [3.8, 4) is 0 Å². The summed E-state index contributed by atoms with van der Waals surface area (Å²) in [6.45, 7) is 6.55. The van der Waals surface area contributed by atoms with E-state index in [-0.39, 0.29) is 31.1 Å². The predicted octanol–water partition coefficient (Wildman–Crippen LogP) is 19.4. The Labute approximate surface area is 421 Å². The van der Waals surface area contributed by atoms with Crippen molar-refractivity contribution in [3.05, 3.63) is 72.9 Å². The van der Waals surface area contributed by atoms with Gasteiger partial charge in [-0.05, 0) is 109 Å². The lowest BCUT2D eigenvalue weighted by Crippen LogP contribution is -2.30. The summed E-state index contributed by atoms with van der Waals surface area (Å²) in [5.74, 6) is -0.903. The molecule has 6 nitrogen and oxygen atoms in total. The van der Waals surface area contributed by atoms with E-state index in [1.54, 1.807) is 0 Å². The molecule has 0 aliphatic rings. The lowest BCUT2D eigenvalue weighted by molar-refractivity contribution is -0.167. The van der Waals surface area contributed by atoms with Crippen molar-refractivity contribution in [1.29, 1.82) is 0 Å². The molecule has 0 saturated carbocycles. The Balaban J connectivity index is 4.40. The first-order chi connectivity index (χ1) is 33.5. The molecular weight excluding hydrogens is 841 g/mol. The molecule has 0 aromatic rings. The topological polar surface area (TPSA) is 78.9 Å². The van der Waals surface area contributed by atoms with E-state index in [1.165, 1.54) is 148 Å². The Hall–Kier alpha value is -3.15. The van der Waals surface area contributed by atoms with Crippen LogP contribution < -0.4 is 0 Å². The number of allylic oxidation sites excluding steroid dienone is 12. The molecule has 0 heterocycles. The van der Waals surface area contributed by atoms with Crippen LogP contribution in [0.15, 0.2) is 72.9 Å². The zero-order valence-electron chi connectivity index (χ0n) is 44.9. The minimum absolute atomic E-state index is 0.0850. The van der Waals surface area contributed by atoms with Crippen molar-refractivity contribution in [3.63, 3.8) is 0 Å². The summed E-state index contributed by atoms with van der Waals surface area (Å²) in [6.07, 6.45) is 71.7. The van der Waals surface area contributed by atoms with Gasteiger partial charge in [0.15, 0.2) is 6.10 Å². The fourth-order valence-corrected chi connectivity index (χ4v) is 7.99. The largest absolute Gasteiger partial charge is 0.462 e. The highest BCUT2D eigenvalue weighted by atomic mass is 16.6. The lowest BCUT2D eigenvalue weighted by Gasteiger charge is -2.18. The smallest absolute Gasteiger partial charge is 0.306 e. The van der Waals surface area contributed by atoms with Crippen LogP contribution in [0.4, 0.5) is 0 Å². The number of unbranched alkanes of at least 4 members (excludes halogenated alkanes) is 29. The molecule has 0 amide bonds. The molecule has 0 unspecified atom stereocenters. The minimum atomic E-state index is -0.788. The SMILES string of the molecule is CCCC/C=C/C/C=C/CCCCCCCC(=O)OC[C@H](COC(=O)CCCCCCCCCCC/C=C/C/C=C/CCCCC)OC(=O)CCCCCCCCC/C=C/C/C=C/CCCCC. The first-order valence-corrected chi connectivity index (χ1v) is 28.9. The molecule has 0 rings (SSSR count). The number of hydrogen-bond acceptors (Lipinski definition) is 6. The van der Waals surface area contributed by atoms with Gasteiger partial charge in [-0.2, -0.15) is 0 Å². The predicted molar refractivity (Wildman–Crippen MR) is 293 cm³/mol. The summed E-state index contributed by atoms with van der Waals surface area (Å²) in [5.41, 5.74) is 0. The average molecular weight is 950 g/mol. The molecule has 392 valence electrons. The van der Waals surface area contributed by atoms with Crippen LogP contribution in [0.5, 0.6) is 0 Å². The van der Waals surface area contributed by atoms with Gasteiger partial charge in [-0.15, -0.1) is 0 Å². The quantitative estimate of drug-likeness (QED) is 0.0262. The zero-order valence-corrected chi connectivity index (χ0v) is 44.9. The summed E-state index contributed by atoms with van der Waals surface area (Å²) < 4.78 is 16.9. The van der Waals surface area contributed by atoms with Crippen LogP contribution in [-0.4, -0.2) is 37.2 Å². The molecule has 0 spiro atoms. The molecule has 0 aliphatic carbocycles. The molecule has 0 fully saturated rings. The van der Waals surface area contributed by atoms with Gasteiger partial charge in [0.1, 0.15) is 13.2 Å². The first kappa shape index (κ1) is 64.8. The number of hydrogen-bond donors (Lipinski definition) is 0. The second kappa shape index (κ2) is 56.4. The third-order valence-corrected chi connectivity index (χ3v) is 12.4. The van der Waals surface area contributed by atoms with Gasteiger partial charge in [-0.3, -0.25) is 14.4 Å². The van der Waals surface area contributed by atoms with Crippen molar-refractivity contribution in [1.82, 2.24) is 0 Å². The average Bonchev–Trinajstić information content (AvgIpc) is 3.34. The van der Waals surface area contributed by atoms with E-state index in [1.807, 2.05) is 0 Å². The Morgan fingerprint density at radius 2 is 0.544 bits per heavy atom. The van der Waals surface area contributed by atoms with E-state index >= 15 is 0 Å². The monoisotopic (exact) mass is 949 g/mol. The molecule has 0 aliphatic heterocycles. The van der Waals surface area contributed by atoms with E-state index < -0.39 is 6.10 Å². The van der Waals surface area contributed by atoms with Gasteiger partial charge in [-0.1, -0.05) is 229 Å². The molecule has 0 aromatic carbocycles. The van der Waals surface area contributed by atoms with E-state index in [4.69, 9.17) is 14.2 Å². The Kier molecular flexibility index (Phi) is 53.8. The van der Waals surface area contributed by atoms with Crippen molar-refractivity contribution >= 4 is 17.9 Å². The number of carbonyl (C=O) groups is 3. The third-order valence-electron chi connectivity index (χ3n) is 12.4. The molecule has 0 radical (unpaired) electrons. The van der Waals surface area contributed by atoms with E-state index in [0.717, 1.165) is 96.3 Å². The fourth-order valence-electron chi connectivity index (χ4n) is 7.99. The highest BCUT2D eigenvalue weighted by molar-refractivity contribution is 5.71. The minimum Gasteiger partial charge on any atom is -0.462 e. The molecule has 0 aromatic heterocycles. The van der Waals surface area contributed by atoms with Gasteiger partial charge in [0.05, 0.1) is 0 Å². The number of rotatable bonds is 52. The molecule has 1 atom stereocenters. The lowest BCUT2D eigenvalue weighted by atomic mass is 10.1. The summed E-state index contributed by atoms with van der Waals surface area (Å²) >= 11 is 0. The van der Waals surface area contributed by atoms with Crippen LogP contribution in [-0.2, 0) is 28.6 Å². The normalized spacial score (nSPS) is 12.6. The maximum Gasteiger partial charge on any atom is 0.306 e. The van der Waals surface area contributed by atoms with Crippen LogP contribution in [0, 0.1) is 0 Å². The van der Waals surface area contributed by atoms with Crippen LogP contribution in [0.3, 0.4) is 0 Å². The number of ether oxygens (including phenoxy) is 3. The summed E-state index contributed by atoms with van der Waals surface area (Å²) in [6, 6.07) is 0. The van der Waals surface area contributed by atoms with E-state index in [0.29, 0.717) is 19.3 Å². The molecule has 0 N–H and O–H groups in total. The highest BCUT2D eigenvalue weighted by Gasteiger charge is 2.19. The number of carbonyl (C=O) groups excluding carboxylic acids is 3. The molecule has 68 heavy (non-hydrogen) atoms. The van der Waals surface area contributed by atoms with Gasteiger partial charge < -0.3 is 14.2 Å². The standard InChI is InChI=1S/C62H108O6/c1-4-7-10-13-16-19-22-25-28-30-31-33-34-37-40-43-46-49-52-55-61(64)67-58-59(57-66-60(63)54-51-48-45-42-39-36-27-24-21-18-15-12-9-6-3)68-62(65)56-53-50-47-44-41-38-35-32-29-26-23-20-17-14-11-8-5-2/h15-20,24-29,59H,4-14,21-23,30-58H2,1-3H3/b18-15+,19-16+,20-17+,27-24+,28-25+,29-26+/t59-/m1/s1. The fraction of sp³-hybridized carbons (Fsp3) is 0.758. The van der Waals surface area contributed by atoms with Gasteiger partial charge in [0.2, 0.25) is 0 Å². The van der Waals surface area contributed by atoms with Crippen LogP contribution in [0.1, 0.15) is 284 Å². The number of esters is 3. The van der Waals surface area contributed by atoms with Crippen molar-refractivity contribution in [2.75, 3.05) is 13.2 Å². The summed E-state index contributed by atoms with van der Waals surface area (Å²) in [4.78, 5) is 38.2. The Bertz CT molecular complexity index is 1270. The third kappa shape index (κ3) is 53.8. The highest BCUT2D eigenvalue weighted by Crippen LogP contribution is 2.15. The maximum absolute atomic E-state index is 12.9. The maximum atomic E-state index is 12.9. The summed E-state index contributed by atoms with van der Waals surface area (Å²) in [5, 5.41) is 0. The molecule has 0 bridgehead atoms. The molecular formula is C62H108O6. The second-order valence-corrected chi connectivity index (χ2v) is 19.2. The Morgan fingerprint density at radius 3 is 0.853 bits per heavy atom. The van der Waals surface area contributed by atoms with Gasteiger partial charge in [0, 0.05) is 19.3 Å². The van der Waals surface area contributed by atoms with Crippen LogP contribution in [0.2, 0.25) is 0 Å².